The highest BCUT2D eigenvalue weighted by Crippen LogP contribution is 2.27. The molecule has 0 amide bonds. The Morgan fingerprint density at radius 3 is 2.58 bits per heavy atom. The summed E-state index contributed by atoms with van der Waals surface area (Å²) >= 11 is 5.48. The van der Waals surface area contributed by atoms with Crippen LogP contribution in [0.2, 0.25) is 0 Å². The summed E-state index contributed by atoms with van der Waals surface area (Å²) in [4.78, 5) is 0. The molecule has 1 aliphatic carbocycles. The first-order valence-electron chi connectivity index (χ1n) is 3.29. The molecule has 1 nitrogen and oxygen atoms in total. The van der Waals surface area contributed by atoms with Gasteiger partial charge >= 0.3 is 6.36 Å². The molecule has 0 aliphatic heterocycles. The Kier molecular flexibility index (Phi) is 2.67. The predicted octanol–water partition coefficient (Wildman–Crippen LogP) is 3.32. The number of ether oxygens (including phenoxy) is 1. The molecule has 0 atom stereocenters. The summed E-state index contributed by atoms with van der Waals surface area (Å²) in [5.74, 6) is -0.130. The second kappa shape index (κ2) is 3.39. The Bertz CT molecular complexity index is 229. The molecule has 0 bridgehead atoms. The molecule has 0 N–H and O–H groups in total. The highest BCUT2D eigenvalue weighted by Gasteiger charge is 2.32. The molecule has 0 saturated heterocycles. The Morgan fingerprint density at radius 1 is 1.42 bits per heavy atom. The summed E-state index contributed by atoms with van der Waals surface area (Å²) in [6, 6.07) is 0. The van der Waals surface area contributed by atoms with E-state index in [-0.39, 0.29) is 12.2 Å². The van der Waals surface area contributed by atoms with E-state index in [1.807, 2.05) is 0 Å². The molecule has 0 radical (unpaired) electrons. The van der Waals surface area contributed by atoms with E-state index in [2.05, 4.69) is 4.74 Å². The first-order valence-corrected chi connectivity index (χ1v) is 3.67. The zero-order chi connectivity index (χ0) is 9.19. The Balaban J connectivity index is 2.59. The average Bonchev–Trinajstić information content (AvgIpc) is 1.82. The second-order valence-corrected chi connectivity index (χ2v) is 2.72. The smallest absolute Gasteiger partial charge is 0.410 e. The Morgan fingerprint density at radius 2 is 2.08 bits per heavy atom. The monoisotopic (exact) mass is 198 g/mol. The standard InChI is InChI=1S/C7H6ClF3O/c8-5-2-1-3-6(4-5)12-7(9,10)11/h2,4H,1,3H2. The van der Waals surface area contributed by atoms with Crippen LogP contribution in [-0.4, -0.2) is 6.36 Å². The number of halogens is 4. The Labute approximate surface area is 72.5 Å². The highest BCUT2D eigenvalue weighted by molar-refractivity contribution is 6.31. The third kappa shape index (κ3) is 3.17. The predicted molar refractivity (Wildman–Crippen MR) is 38.4 cm³/mol. The van der Waals surface area contributed by atoms with Crippen LogP contribution < -0.4 is 0 Å². The van der Waals surface area contributed by atoms with E-state index in [1.165, 1.54) is 6.08 Å². The first-order chi connectivity index (χ1) is 5.47. The van der Waals surface area contributed by atoms with Crippen molar-refractivity contribution in [2.75, 3.05) is 0 Å². The maximum absolute atomic E-state index is 11.6. The van der Waals surface area contributed by atoms with Crippen LogP contribution >= 0.6 is 11.6 Å². The van der Waals surface area contributed by atoms with Gasteiger partial charge in [-0.3, -0.25) is 0 Å². The lowest BCUT2D eigenvalue weighted by Gasteiger charge is -2.14. The van der Waals surface area contributed by atoms with Crippen molar-refractivity contribution < 1.29 is 17.9 Å². The van der Waals surface area contributed by atoms with Crippen LogP contribution in [0.5, 0.6) is 0 Å². The number of alkyl halides is 3. The van der Waals surface area contributed by atoms with Crippen LogP contribution in [0.1, 0.15) is 12.8 Å². The van der Waals surface area contributed by atoms with Crippen molar-refractivity contribution in [3.63, 3.8) is 0 Å². The van der Waals surface area contributed by atoms with Crippen molar-refractivity contribution in [3.05, 3.63) is 22.9 Å². The molecular weight excluding hydrogens is 193 g/mol. The van der Waals surface area contributed by atoms with E-state index < -0.39 is 6.36 Å². The topological polar surface area (TPSA) is 9.23 Å². The van der Waals surface area contributed by atoms with Gasteiger partial charge in [0.2, 0.25) is 0 Å². The molecule has 0 fully saturated rings. The van der Waals surface area contributed by atoms with Crippen molar-refractivity contribution in [1.29, 1.82) is 0 Å². The molecule has 0 aromatic carbocycles. The van der Waals surface area contributed by atoms with Gasteiger partial charge in [0.15, 0.2) is 0 Å². The van der Waals surface area contributed by atoms with E-state index in [4.69, 9.17) is 11.6 Å². The lowest BCUT2D eigenvalue weighted by atomic mass is 10.2. The van der Waals surface area contributed by atoms with Crippen molar-refractivity contribution in [3.8, 4) is 0 Å². The summed E-state index contributed by atoms with van der Waals surface area (Å²) in [5, 5.41) is 0.292. The quantitative estimate of drug-likeness (QED) is 0.628. The molecular formula is C7H6ClF3O. The van der Waals surface area contributed by atoms with E-state index in [0.717, 1.165) is 0 Å². The van der Waals surface area contributed by atoms with Crippen LogP contribution in [0.3, 0.4) is 0 Å². The van der Waals surface area contributed by atoms with Crippen molar-refractivity contribution in [2.45, 2.75) is 19.2 Å². The minimum Gasteiger partial charge on any atom is -0.410 e. The molecule has 0 saturated carbocycles. The zero-order valence-corrected chi connectivity index (χ0v) is 6.74. The first kappa shape index (κ1) is 9.45. The number of hydrogen-bond acceptors (Lipinski definition) is 1. The van der Waals surface area contributed by atoms with Gasteiger partial charge in [-0.2, -0.15) is 0 Å². The third-order valence-electron chi connectivity index (χ3n) is 1.28. The van der Waals surface area contributed by atoms with Crippen LogP contribution in [-0.2, 0) is 4.74 Å². The van der Waals surface area contributed by atoms with Gasteiger partial charge < -0.3 is 4.74 Å². The average molecular weight is 199 g/mol. The summed E-state index contributed by atoms with van der Waals surface area (Å²) in [5.41, 5.74) is 0. The lowest BCUT2D eigenvalue weighted by Crippen LogP contribution is -2.13. The molecule has 1 rings (SSSR count). The third-order valence-corrected chi connectivity index (χ3v) is 1.54. The molecule has 0 spiro atoms. The number of rotatable bonds is 1. The van der Waals surface area contributed by atoms with E-state index in [0.29, 0.717) is 11.5 Å². The van der Waals surface area contributed by atoms with E-state index in [1.54, 1.807) is 6.08 Å². The summed E-state index contributed by atoms with van der Waals surface area (Å²) in [6.07, 6.45) is -1.06. The zero-order valence-electron chi connectivity index (χ0n) is 5.99. The van der Waals surface area contributed by atoms with Gasteiger partial charge in [-0.25, -0.2) is 0 Å². The van der Waals surface area contributed by atoms with E-state index in [9.17, 15) is 13.2 Å². The SMILES string of the molecule is FC(F)(F)OC1=CC(Cl)=CCC1. The summed E-state index contributed by atoms with van der Waals surface area (Å²) in [7, 11) is 0. The molecule has 68 valence electrons. The van der Waals surface area contributed by atoms with Gasteiger partial charge in [0.1, 0.15) is 5.76 Å². The minimum atomic E-state index is -4.61. The van der Waals surface area contributed by atoms with Gasteiger partial charge in [0.05, 0.1) is 0 Å². The Hall–Kier alpha value is -0.640. The summed E-state index contributed by atoms with van der Waals surface area (Å²) < 4.78 is 38.6. The number of allylic oxidation sites excluding steroid dienone is 4. The molecule has 0 aromatic heterocycles. The molecule has 5 heteroatoms. The molecule has 1 aliphatic rings. The minimum absolute atomic E-state index is 0.130. The fourth-order valence-corrected chi connectivity index (χ4v) is 1.10. The van der Waals surface area contributed by atoms with Gasteiger partial charge in [-0.15, -0.1) is 13.2 Å². The normalized spacial score (nSPS) is 18.3. The maximum Gasteiger partial charge on any atom is 0.572 e. The van der Waals surface area contributed by atoms with Gasteiger partial charge in [0, 0.05) is 11.5 Å². The summed E-state index contributed by atoms with van der Waals surface area (Å²) in [6.45, 7) is 0. The highest BCUT2D eigenvalue weighted by atomic mass is 35.5. The van der Waals surface area contributed by atoms with Crippen LogP contribution in [0.25, 0.3) is 0 Å². The van der Waals surface area contributed by atoms with Crippen molar-refractivity contribution in [2.24, 2.45) is 0 Å². The van der Waals surface area contributed by atoms with Crippen LogP contribution in [0, 0.1) is 0 Å². The maximum atomic E-state index is 11.6. The largest absolute Gasteiger partial charge is 0.572 e. The van der Waals surface area contributed by atoms with Gasteiger partial charge in [-0.1, -0.05) is 17.7 Å². The van der Waals surface area contributed by atoms with Crippen LogP contribution in [0.15, 0.2) is 22.9 Å². The van der Waals surface area contributed by atoms with Gasteiger partial charge in [0.25, 0.3) is 0 Å². The number of hydrogen-bond donors (Lipinski definition) is 0. The molecule has 0 unspecified atom stereocenters. The lowest BCUT2D eigenvalue weighted by molar-refractivity contribution is -0.306. The fourth-order valence-electron chi connectivity index (χ4n) is 0.866. The molecule has 0 heterocycles. The second-order valence-electron chi connectivity index (χ2n) is 2.29. The van der Waals surface area contributed by atoms with Crippen LogP contribution in [0.4, 0.5) is 13.2 Å². The van der Waals surface area contributed by atoms with Crippen molar-refractivity contribution in [1.82, 2.24) is 0 Å². The van der Waals surface area contributed by atoms with E-state index >= 15 is 0 Å². The molecule has 0 aromatic rings. The van der Waals surface area contributed by atoms with Gasteiger partial charge in [-0.05, 0) is 12.5 Å². The fraction of sp³-hybridized carbons (Fsp3) is 0.429. The van der Waals surface area contributed by atoms with Crippen molar-refractivity contribution >= 4 is 11.6 Å². The molecule has 12 heavy (non-hydrogen) atoms.